The summed E-state index contributed by atoms with van der Waals surface area (Å²) in [5.74, 6) is -1.77. The number of amides is 1. The molecular formula is C11H14N2O6. The number of nitrogens with zero attached hydrogens (tertiary/aromatic N) is 2. The number of hydrogen-bond donors (Lipinski definition) is 0. The molecule has 0 aromatic rings. The highest BCUT2D eigenvalue weighted by Crippen LogP contribution is 2.35. The molecule has 8 nitrogen and oxygen atoms in total. The third-order valence-corrected chi connectivity index (χ3v) is 3.69. The van der Waals surface area contributed by atoms with E-state index in [1.807, 2.05) is 0 Å². The number of carbonyl (C=O) groups excluding carboxylic acids is 3. The van der Waals surface area contributed by atoms with Gasteiger partial charge in [-0.2, -0.15) is 5.06 Å². The molecule has 3 aliphatic heterocycles. The van der Waals surface area contributed by atoms with Crippen LogP contribution in [0.1, 0.15) is 0 Å². The van der Waals surface area contributed by atoms with Crippen molar-refractivity contribution in [1.29, 1.82) is 0 Å². The summed E-state index contributed by atoms with van der Waals surface area (Å²) in [6, 6.07) is -0.682. The normalized spacial score (nSPS) is 33.9. The van der Waals surface area contributed by atoms with Crippen LogP contribution in [0.25, 0.3) is 0 Å². The van der Waals surface area contributed by atoms with Crippen molar-refractivity contribution >= 4 is 17.8 Å². The first-order valence-corrected chi connectivity index (χ1v) is 6.07. The maximum Gasteiger partial charge on any atom is 0.325 e. The van der Waals surface area contributed by atoms with Crippen molar-refractivity contribution in [3.63, 3.8) is 0 Å². The number of carbonyl (C=O) groups is 3. The quantitative estimate of drug-likeness (QED) is 0.545. The van der Waals surface area contributed by atoms with Crippen molar-refractivity contribution in [3.05, 3.63) is 0 Å². The van der Waals surface area contributed by atoms with E-state index in [4.69, 9.17) is 9.57 Å². The summed E-state index contributed by atoms with van der Waals surface area (Å²) in [6.45, 7) is 0.916. The van der Waals surface area contributed by atoms with Crippen molar-refractivity contribution in [2.24, 2.45) is 5.92 Å². The Balaban J connectivity index is 1.77. The number of fused-ring (bicyclic) bond motifs is 3. The maximum absolute atomic E-state index is 12.3. The summed E-state index contributed by atoms with van der Waals surface area (Å²) in [5, 5.41) is 1.53. The zero-order valence-corrected chi connectivity index (χ0v) is 10.4. The molecule has 8 heteroatoms. The first kappa shape index (κ1) is 12.4. The van der Waals surface area contributed by atoms with Crippen LogP contribution in [0.4, 0.5) is 0 Å². The standard InChI is InChI=1S/C11H14N2O6/c1-17-7(14)4-12-2-3-13-9(10(12)15)8-6(19-13)5-18-11(8)16/h6,8-9H,2-5H2,1H3. The number of ether oxygens (including phenoxy) is 2. The molecule has 0 saturated carbocycles. The minimum absolute atomic E-state index is 0.105. The third-order valence-electron chi connectivity index (χ3n) is 3.69. The van der Waals surface area contributed by atoms with Gasteiger partial charge >= 0.3 is 11.9 Å². The molecule has 3 unspecified atom stereocenters. The van der Waals surface area contributed by atoms with Crippen LogP contribution in [0.15, 0.2) is 0 Å². The second kappa shape index (κ2) is 4.46. The largest absolute Gasteiger partial charge is 0.468 e. The first-order chi connectivity index (χ1) is 9.11. The van der Waals surface area contributed by atoms with E-state index in [1.165, 1.54) is 17.1 Å². The van der Waals surface area contributed by atoms with Gasteiger partial charge in [-0.3, -0.25) is 19.2 Å². The Kier molecular flexibility index (Phi) is 2.90. The van der Waals surface area contributed by atoms with Crippen LogP contribution >= 0.6 is 0 Å². The van der Waals surface area contributed by atoms with Crippen molar-refractivity contribution < 1.29 is 28.7 Å². The van der Waals surface area contributed by atoms with E-state index in [0.717, 1.165) is 0 Å². The highest BCUT2D eigenvalue weighted by Gasteiger charge is 2.58. The number of rotatable bonds is 2. The molecule has 19 heavy (non-hydrogen) atoms. The minimum atomic E-state index is -0.682. The number of hydroxylamine groups is 2. The van der Waals surface area contributed by atoms with Gasteiger partial charge in [0.05, 0.1) is 7.11 Å². The predicted molar refractivity (Wildman–Crippen MR) is 58.4 cm³/mol. The van der Waals surface area contributed by atoms with Gasteiger partial charge in [-0.25, -0.2) is 0 Å². The summed E-state index contributed by atoms with van der Waals surface area (Å²) in [6.07, 6.45) is -0.389. The van der Waals surface area contributed by atoms with Crippen LogP contribution in [0, 0.1) is 5.92 Å². The SMILES string of the molecule is COC(=O)CN1CCN2OC3COC(=O)C3C2C1=O. The highest BCUT2D eigenvalue weighted by atomic mass is 16.7. The molecule has 0 aromatic carbocycles. The van der Waals surface area contributed by atoms with E-state index in [0.29, 0.717) is 13.1 Å². The molecule has 3 fully saturated rings. The highest BCUT2D eigenvalue weighted by molar-refractivity contribution is 5.92. The lowest BCUT2D eigenvalue weighted by Gasteiger charge is -2.35. The second-order valence-electron chi connectivity index (χ2n) is 4.72. The van der Waals surface area contributed by atoms with E-state index in [1.54, 1.807) is 0 Å². The van der Waals surface area contributed by atoms with E-state index < -0.39 is 23.9 Å². The summed E-state index contributed by atoms with van der Waals surface area (Å²) >= 11 is 0. The zero-order chi connectivity index (χ0) is 13.6. The average Bonchev–Trinajstić information content (AvgIpc) is 2.93. The lowest BCUT2D eigenvalue weighted by molar-refractivity contribution is -0.196. The molecule has 3 aliphatic rings. The molecule has 0 aromatic heterocycles. The lowest BCUT2D eigenvalue weighted by Crippen LogP contribution is -2.57. The fourth-order valence-corrected chi connectivity index (χ4v) is 2.73. The van der Waals surface area contributed by atoms with E-state index in [2.05, 4.69) is 4.74 Å². The van der Waals surface area contributed by atoms with Crippen LogP contribution in [-0.4, -0.2) is 73.3 Å². The summed E-state index contributed by atoms with van der Waals surface area (Å²) < 4.78 is 9.45. The topological polar surface area (TPSA) is 85.4 Å². The molecule has 0 radical (unpaired) electrons. The Bertz CT molecular complexity index is 439. The smallest absolute Gasteiger partial charge is 0.325 e. The van der Waals surface area contributed by atoms with E-state index in [-0.39, 0.29) is 25.2 Å². The fraction of sp³-hybridized carbons (Fsp3) is 0.727. The number of esters is 2. The van der Waals surface area contributed by atoms with Gasteiger partial charge in [0, 0.05) is 13.1 Å². The monoisotopic (exact) mass is 270 g/mol. The maximum atomic E-state index is 12.3. The van der Waals surface area contributed by atoms with Gasteiger partial charge in [-0.15, -0.1) is 0 Å². The Hall–Kier alpha value is -1.67. The Morgan fingerprint density at radius 2 is 2.21 bits per heavy atom. The summed E-state index contributed by atoms with van der Waals surface area (Å²) in [5.41, 5.74) is 0. The second-order valence-corrected chi connectivity index (χ2v) is 4.72. The Morgan fingerprint density at radius 1 is 1.42 bits per heavy atom. The first-order valence-electron chi connectivity index (χ1n) is 6.07. The number of piperazine rings is 1. The molecule has 3 saturated heterocycles. The number of hydrogen-bond acceptors (Lipinski definition) is 7. The van der Waals surface area contributed by atoms with Crippen molar-refractivity contribution in [2.75, 3.05) is 33.4 Å². The van der Waals surface area contributed by atoms with Crippen molar-refractivity contribution in [2.45, 2.75) is 12.1 Å². The van der Waals surface area contributed by atoms with Crippen LogP contribution in [-0.2, 0) is 28.7 Å². The van der Waals surface area contributed by atoms with Crippen molar-refractivity contribution in [1.82, 2.24) is 9.96 Å². The van der Waals surface area contributed by atoms with Gasteiger partial charge in [0.2, 0.25) is 5.91 Å². The van der Waals surface area contributed by atoms with Gasteiger partial charge in [0.15, 0.2) is 0 Å². The van der Waals surface area contributed by atoms with Crippen molar-refractivity contribution in [3.8, 4) is 0 Å². The predicted octanol–water partition coefficient (Wildman–Crippen LogP) is -1.84. The summed E-state index contributed by atoms with van der Waals surface area (Å²) in [4.78, 5) is 42.2. The van der Waals surface area contributed by atoms with E-state index >= 15 is 0 Å². The minimum Gasteiger partial charge on any atom is -0.468 e. The lowest BCUT2D eigenvalue weighted by atomic mass is 9.95. The zero-order valence-electron chi connectivity index (χ0n) is 10.4. The molecule has 104 valence electrons. The van der Waals surface area contributed by atoms with Gasteiger partial charge in [0.1, 0.15) is 31.2 Å². The summed E-state index contributed by atoms with van der Waals surface area (Å²) in [7, 11) is 1.27. The third kappa shape index (κ3) is 1.87. The number of methoxy groups -OCH3 is 1. The molecule has 0 aliphatic carbocycles. The molecule has 3 rings (SSSR count). The molecule has 0 bridgehead atoms. The van der Waals surface area contributed by atoms with Gasteiger partial charge in [0.25, 0.3) is 0 Å². The van der Waals surface area contributed by atoms with Crippen LogP contribution in [0.5, 0.6) is 0 Å². The molecule has 0 spiro atoms. The van der Waals surface area contributed by atoms with Crippen LogP contribution in [0.2, 0.25) is 0 Å². The molecule has 3 heterocycles. The van der Waals surface area contributed by atoms with E-state index in [9.17, 15) is 14.4 Å². The van der Waals surface area contributed by atoms with Crippen LogP contribution in [0.3, 0.4) is 0 Å². The van der Waals surface area contributed by atoms with Gasteiger partial charge in [-0.1, -0.05) is 0 Å². The van der Waals surface area contributed by atoms with Gasteiger partial charge < -0.3 is 14.4 Å². The molecule has 3 atom stereocenters. The average molecular weight is 270 g/mol. The Morgan fingerprint density at radius 3 is 2.95 bits per heavy atom. The molecule has 1 amide bonds. The van der Waals surface area contributed by atoms with Crippen LogP contribution < -0.4 is 0 Å². The molecule has 0 N–H and O–H groups in total. The number of cyclic esters (lactones) is 1. The fourth-order valence-electron chi connectivity index (χ4n) is 2.73. The molecular weight excluding hydrogens is 256 g/mol. The van der Waals surface area contributed by atoms with Gasteiger partial charge in [-0.05, 0) is 0 Å². The Labute approximate surface area is 109 Å².